The predicted octanol–water partition coefficient (Wildman–Crippen LogP) is 4.48. The Hall–Kier alpha value is -2.53. The average Bonchev–Trinajstić information content (AvgIpc) is 2.54. The van der Waals surface area contributed by atoms with E-state index in [4.69, 9.17) is 25.5 Å². The summed E-state index contributed by atoms with van der Waals surface area (Å²) in [7, 11) is 1.50. The zero-order chi connectivity index (χ0) is 17.3. The van der Waals surface area contributed by atoms with E-state index >= 15 is 0 Å². The third kappa shape index (κ3) is 3.21. The summed E-state index contributed by atoms with van der Waals surface area (Å²) in [6.07, 6.45) is 0. The van der Waals surface area contributed by atoms with Gasteiger partial charge in [-0.3, -0.25) is 0 Å². The lowest BCUT2D eigenvalue weighted by Crippen LogP contribution is -2.01. The van der Waals surface area contributed by atoms with Crippen LogP contribution in [-0.2, 0) is 6.61 Å². The Morgan fingerprint density at radius 2 is 1.96 bits per heavy atom. The number of fused-ring (bicyclic) bond motifs is 1. The molecule has 0 unspecified atom stereocenters. The molecular weight excluding hydrogens is 335 g/mol. The van der Waals surface area contributed by atoms with Crippen LogP contribution in [0.1, 0.15) is 11.1 Å². The van der Waals surface area contributed by atoms with Crippen molar-refractivity contribution in [2.24, 2.45) is 0 Å². The van der Waals surface area contributed by atoms with Gasteiger partial charge in [-0.1, -0.05) is 11.6 Å². The molecule has 4 nitrogen and oxygen atoms in total. The maximum atomic E-state index is 13.4. The first-order valence-corrected chi connectivity index (χ1v) is 7.55. The number of methoxy groups -OCH3 is 1. The Kier molecular flexibility index (Phi) is 4.44. The van der Waals surface area contributed by atoms with Crippen molar-refractivity contribution >= 4 is 22.6 Å². The molecule has 0 saturated heterocycles. The Balaban J connectivity index is 1.95. The van der Waals surface area contributed by atoms with E-state index in [1.54, 1.807) is 19.1 Å². The zero-order valence-electron chi connectivity index (χ0n) is 13.1. The van der Waals surface area contributed by atoms with Crippen molar-refractivity contribution in [3.63, 3.8) is 0 Å². The monoisotopic (exact) mass is 348 g/mol. The first-order valence-electron chi connectivity index (χ1n) is 7.17. The van der Waals surface area contributed by atoms with Gasteiger partial charge in [-0.25, -0.2) is 9.18 Å². The molecular formula is C18H14ClFO4. The van der Waals surface area contributed by atoms with Gasteiger partial charge in [0.1, 0.15) is 29.5 Å². The molecule has 1 heterocycles. The highest BCUT2D eigenvalue weighted by molar-refractivity contribution is 6.32. The molecule has 124 valence electrons. The largest absolute Gasteiger partial charge is 0.496 e. The van der Waals surface area contributed by atoms with Gasteiger partial charge < -0.3 is 13.9 Å². The van der Waals surface area contributed by atoms with Crippen molar-refractivity contribution in [2.75, 3.05) is 7.11 Å². The van der Waals surface area contributed by atoms with E-state index in [2.05, 4.69) is 0 Å². The van der Waals surface area contributed by atoms with E-state index in [1.807, 2.05) is 0 Å². The summed E-state index contributed by atoms with van der Waals surface area (Å²) in [5.41, 5.74) is 1.24. The van der Waals surface area contributed by atoms with Gasteiger partial charge in [0.2, 0.25) is 0 Å². The standard InChI is InChI=1S/C18H14ClFO4/c1-10-5-18(21)24-16-8-17(14(19)7-13(10)16)23-9-11-6-12(20)3-4-15(11)22-2/h3-8H,9H2,1-2H3. The van der Waals surface area contributed by atoms with E-state index in [9.17, 15) is 9.18 Å². The van der Waals surface area contributed by atoms with Crippen LogP contribution in [0.4, 0.5) is 4.39 Å². The molecule has 0 aliphatic rings. The zero-order valence-corrected chi connectivity index (χ0v) is 13.8. The number of hydrogen-bond donors (Lipinski definition) is 0. The minimum Gasteiger partial charge on any atom is -0.496 e. The first kappa shape index (κ1) is 16.3. The van der Waals surface area contributed by atoms with Crippen molar-refractivity contribution in [3.8, 4) is 11.5 Å². The quantitative estimate of drug-likeness (QED) is 0.652. The van der Waals surface area contributed by atoms with Gasteiger partial charge in [0.05, 0.1) is 12.1 Å². The Morgan fingerprint density at radius 3 is 2.71 bits per heavy atom. The molecule has 0 atom stereocenters. The third-order valence-corrected chi connectivity index (χ3v) is 3.92. The molecule has 0 fully saturated rings. The lowest BCUT2D eigenvalue weighted by atomic mass is 10.1. The maximum Gasteiger partial charge on any atom is 0.336 e. The van der Waals surface area contributed by atoms with Gasteiger partial charge in [0, 0.05) is 23.1 Å². The number of halogens is 2. The molecule has 0 radical (unpaired) electrons. The number of benzene rings is 2. The van der Waals surface area contributed by atoms with E-state index in [1.165, 1.54) is 31.4 Å². The number of aryl methyl sites for hydroxylation is 1. The van der Waals surface area contributed by atoms with E-state index in [0.717, 1.165) is 10.9 Å². The third-order valence-electron chi connectivity index (χ3n) is 3.63. The molecule has 0 aliphatic heterocycles. The van der Waals surface area contributed by atoms with Gasteiger partial charge in [-0.15, -0.1) is 0 Å². The summed E-state index contributed by atoms with van der Waals surface area (Å²) in [6.45, 7) is 1.86. The summed E-state index contributed by atoms with van der Waals surface area (Å²) >= 11 is 6.24. The van der Waals surface area contributed by atoms with Gasteiger partial charge in [0.25, 0.3) is 0 Å². The van der Waals surface area contributed by atoms with Crippen LogP contribution >= 0.6 is 11.6 Å². The highest BCUT2D eigenvalue weighted by Gasteiger charge is 2.11. The molecule has 0 amide bonds. The molecule has 3 aromatic rings. The lowest BCUT2D eigenvalue weighted by molar-refractivity contribution is 0.296. The summed E-state index contributed by atoms with van der Waals surface area (Å²) in [5, 5.41) is 1.10. The lowest BCUT2D eigenvalue weighted by Gasteiger charge is -2.12. The topological polar surface area (TPSA) is 48.7 Å². The number of rotatable bonds is 4. The first-order chi connectivity index (χ1) is 11.5. The molecule has 3 rings (SSSR count). The predicted molar refractivity (Wildman–Crippen MR) is 89.5 cm³/mol. The second kappa shape index (κ2) is 6.53. The smallest absolute Gasteiger partial charge is 0.336 e. The van der Waals surface area contributed by atoms with Crippen molar-refractivity contribution in [1.82, 2.24) is 0 Å². The van der Waals surface area contributed by atoms with Crippen LogP contribution < -0.4 is 15.1 Å². The van der Waals surface area contributed by atoms with Crippen molar-refractivity contribution in [1.29, 1.82) is 0 Å². The highest BCUT2D eigenvalue weighted by atomic mass is 35.5. The summed E-state index contributed by atoms with van der Waals surface area (Å²) in [4.78, 5) is 11.5. The van der Waals surface area contributed by atoms with Crippen LogP contribution in [-0.4, -0.2) is 7.11 Å². The molecule has 0 bridgehead atoms. The molecule has 2 aromatic carbocycles. The molecule has 0 spiro atoms. The van der Waals surface area contributed by atoms with Crippen LogP contribution in [0.3, 0.4) is 0 Å². The Bertz CT molecular complexity index is 965. The number of hydrogen-bond acceptors (Lipinski definition) is 4. The second-order valence-electron chi connectivity index (χ2n) is 5.27. The number of ether oxygens (including phenoxy) is 2. The minimum absolute atomic E-state index is 0.0577. The van der Waals surface area contributed by atoms with E-state index in [-0.39, 0.29) is 12.4 Å². The second-order valence-corrected chi connectivity index (χ2v) is 5.68. The molecule has 6 heteroatoms. The van der Waals surface area contributed by atoms with Crippen LogP contribution in [0.2, 0.25) is 5.02 Å². The fraction of sp³-hybridized carbons (Fsp3) is 0.167. The molecule has 1 aromatic heterocycles. The minimum atomic E-state index is -0.444. The van der Waals surface area contributed by atoms with Gasteiger partial charge in [-0.2, -0.15) is 0 Å². The normalized spacial score (nSPS) is 10.8. The summed E-state index contributed by atoms with van der Waals surface area (Å²) in [5.74, 6) is 0.459. The van der Waals surface area contributed by atoms with Gasteiger partial charge in [-0.05, 0) is 36.8 Å². The SMILES string of the molecule is COc1ccc(F)cc1COc1cc2oc(=O)cc(C)c2cc1Cl. The van der Waals surface area contributed by atoms with Crippen molar-refractivity contribution in [3.05, 3.63) is 68.8 Å². The van der Waals surface area contributed by atoms with Crippen LogP contribution in [0.25, 0.3) is 11.0 Å². The average molecular weight is 349 g/mol. The molecule has 0 saturated carbocycles. The Morgan fingerprint density at radius 1 is 1.17 bits per heavy atom. The fourth-order valence-electron chi connectivity index (χ4n) is 2.45. The highest BCUT2D eigenvalue weighted by Crippen LogP contribution is 2.32. The van der Waals surface area contributed by atoms with Crippen molar-refractivity contribution < 1.29 is 18.3 Å². The van der Waals surface area contributed by atoms with E-state index in [0.29, 0.717) is 27.7 Å². The Labute approximate surface area is 142 Å². The summed E-state index contributed by atoms with van der Waals surface area (Å²) in [6, 6.07) is 8.79. The van der Waals surface area contributed by atoms with Gasteiger partial charge in [0.15, 0.2) is 0 Å². The maximum absolute atomic E-state index is 13.4. The van der Waals surface area contributed by atoms with Gasteiger partial charge >= 0.3 is 5.63 Å². The summed E-state index contributed by atoms with van der Waals surface area (Å²) < 4.78 is 29.4. The van der Waals surface area contributed by atoms with Crippen LogP contribution in [0.5, 0.6) is 11.5 Å². The van der Waals surface area contributed by atoms with Crippen LogP contribution in [0, 0.1) is 12.7 Å². The van der Waals surface area contributed by atoms with Crippen molar-refractivity contribution in [2.45, 2.75) is 13.5 Å². The van der Waals surface area contributed by atoms with Crippen LogP contribution in [0.15, 0.2) is 45.6 Å². The fourth-order valence-corrected chi connectivity index (χ4v) is 2.66. The van der Waals surface area contributed by atoms with E-state index < -0.39 is 5.63 Å². The molecule has 24 heavy (non-hydrogen) atoms. The molecule has 0 aliphatic carbocycles. The molecule has 0 N–H and O–H groups in total.